The van der Waals surface area contributed by atoms with Crippen molar-refractivity contribution >= 4 is 29.0 Å². The van der Waals surface area contributed by atoms with E-state index in [0.29, 0.717) is 11.7 Å². The second-order valence-electron chi connectivity index (χ2n) is 9.00. The molecule has 2 aromatic heterocycles. The van der Waals surface area contributed by atoms with E-state index in [4.69, 9.17) is 17.0 Å². The minimum atomic E-state index is -0.253. The first kappa shape index (κ1) is 25.7. The highest BCUT2D eigenvalue weighted by atomic mass is 32.1. The van der Waals surface area contributed by atoms with Crippen molar-refractivity contribution in [3.05, 3.63) is 77.4 Å². The van der Waals surface area contributed by atoms with Crippen LogP contribution in [0.4, 0.5) is 5.69 Å². The van der Waals surface area contributed by atoms with Crippen molar-refractivity contribution in [3.63, 3.8) is 0 Å². The van der Waals surface area contributed by atoms with Gasteiger partial charge in [-0.1, -0.05) is 6.07 Å². The summed E-state index contributed by atoms with van der Waals surface area (Å²) >= 11 is 5.74. The Morgan fingerprint density at radius 2 is 1.86 bits per heavy atom. The van der Waals surface area contributed by atoms with Gasteiger partial charge >= 0.3 is 5.97 Å². The molecule has 0 aliphatic carbocycles. The summed E-state index contributed by atoms with van der Waals surface area (Å²) < 4.78 is 7.18. The number of thiocarbonyl (C=S) groups is 1. The predicted molar refractivity (Wildman–Crippen MR) is 148 cm³/mol. The van der Waals surface area contributed by atoms with Gasteiger partial charge < -0.3 is 24.4 Å². The molecule has 3 heterocycles. The van der Waals surface area contributed by atoms with Crippen molar-refractivity contribution in [2.75, 3.05) is 31.6 Å². The molecular weight excluding hydrogens is 470 g/mol. The number of pyridine rings is 1. The topological polar surface area (TPSA) is 62.6 Å². The number of hydrogen-bond acceptors (Lipinski definition) is 5. The number of anilines is 1. The van der Waals surface area contributed by atoms with Gasteiger partial charge in [0.2, 0.25) is 0 Å². The Kier molecular flexibility index (Phi) is 7.94. The zero-order valence-electron chi connectivity index (χ0n) is 21.7. The van der Waals surface area contributed by atoms with Crippen molar-refractivity contribution < 1.29 is 9.53 Å². The third-order valence-corrected chi connectivity index (χ3v) is 7.36. The highest BCUT2D eigenvalue weighted by Crippen LogP contribution is 2.41. The van der Waals surface area contributed by atoms with Gasteiger partial charge in [-0.2, -0.15) is 0 Å². The number of esters is 1. The van der Waals surface area contributed by atoms with Crippen molar-refractivity contribution in [2.45, 2.75) is 46.2 Å². The summed E-state index contributed by atoms with van der Waals surface area (Å²) in [7, 11) is 1.41. The van der Waals surface area contributed by atoms with Gasteiger partial charge in [-0.05, 0) is 87.9 Å². The van der Waals surface area contributed by atoms with Crippen molar-refractivity contribution in [2.24, 2.45) is 0 Å². The molecule has 190 valence electrons. The molecule has 1 N–H and O–H groups in total. The maximum absolute atomic E-state index is 12.0. The van der Waals surface area contributed by atoms with Crippen LogP contribution in [0.1, 0.15) is 55.0 Å². The van der Waals surface area contributed by atoms with Gasteiger partial charge in [0, 0.05) is 48.6 Å². The van der Waals surface area contributed by atoms with Crippen LogP contribution in [0.2, 0.25) is 0 Å². The maximum Gasteiger partial charge on any atom is 0.307 e. The van der Waals surface area contributed by atoms with E-state index in [0.717, 1.165) is 41.4 Å². The molecule has 1 fully saturated rings. The van der Waals surface area contributed by atoms with Crippen molar-refractivity contribution in [1.29, 1.82) is 0 Å². The van der Waals surface area contributed by atoms with Gasteiger partial charge in [0.05, 0.1) is 31.3 Å². The molecule has 1 saturated heterocycles. The fourth-order valence-electron chi connectivity index (χ4n) is 5.18. The lowest BCUT2D eigenvalue weighted by Crippen LogP contribution is -2.32. The van der Waals surface area contributed by atoms with Crippen molar-refractivity contribution in [1.82, 2.24) is 19.8 Å². The van der Waals surface area contributed by atoms with E-state index in [9.17, 15) is 4.79 Å². The van der Waals surface area contributed by atoms with Gasteiger partial charge in [0.1, 0.15) is 0 Å². The summed E-state index contributed by atoms with van der Waals surface area (Å²) in [4.78, 5) is 21.0. The molecule has 0 bridgehead atoms. The second kappa shape index (κ2) is 11.1. The summed E-state index contributed by atoms with van der Waals surface area (Å²) in [6, 6.07) is 16.6. The first-order valence-corrected chi connectivity index (χ1v) is 12.9. The van der Waals surface area contributed by atoms with Gasteiger partial charge in [-0.3, -0.25) is 9.78 Å². The lowest BCUT2D eigenvalue weighted by molar-refractivity contribution is -0.140. The van der Waals surface area contributed by atoms with Crippen LogP contribution in [0.15, 0.2) is 54.7 Å². The zero-order valence-corrected chi connectivity index (χ0v) is 22.5. The Morgan fingerprint density at radius 3 is 2.47 bits per heavy atom. The molecule has 7 nitrogen and oxygen atoms in total. The maximum atomic E-state index is 12.0. The molecule has 4 rings (SSSR count). The molecule has 0 spiro atoms. The Hall–Kier alpha value is -3.39. The Labute approximate surface area is 219 Å². The summed E-state index contributed by atoms with van der Waals surface area (Å²) in [5.41, 5.74) is 6.70. The number of ether oxygens (including phenoxy) is 1. The molecule has 1 aliphatic rings. The van der Waals surface area contributed by atoms with Crippen LogP contribution in [0.5, 0.6) is 0 Å². The first-order valence-electron chi connectivity index (χ1n) is 12.5. The average Bonchev–Trinajstić information content (AvgIpc) is 3.38. The van der Waals surface area contributed by atoms with Crippen LogP contribution in [0.3, 0.4) is 0 Å². The van der Waals surface area contributed by atoms with Gasteiger partial charge in [-0.15, -0.1) is 0 Å². The predicted octanol–water partition coefficient (Wildman–Crippen LogP) is 4.87. The molecule has 1 aliphatic heterocycles. The van der Waals surface area contributed by atoms with E-state index in [1.165, 1.54) is 12.8 Å². The fourth-order valence-corrected chi connectivity index (χ4v) is 5.52. The Morgan fingerprint density at radius 1 is 1.14 bits per heavy atom. The summed E-state index contributed by atoms with van der Waals surface area (Å²) in [6.45, 7) is 11.1. The highest BCUT2D eigenvalue weighted by Gasteiger charge is 2.41. The standard InChI is InChI=1S/C28H35N5O2S/c1-6-31(7-2)21-11-13-22(14-12-21)33-19(3)18-23(20(33)4)27-26(24-10-8-9-16-29-24)30-28(36)32(27)17-15-25(34)35-5/h8-14,16,18,26-27H,6-7,15,17H2,1-5H3,(H,30,36). The number of methoxy groups -OCH3 is 1. The zero-order chi connectivity index (χ0) is 25.8. The largest absolute Gasteiger partial charge is 0.469 e. The van der Waals surface area contributed by atoms with Crippen LogP contribution < -0.4 is 10.2 Å². The Balaban J connectivity index is 1.74. The number of benzene rings is 1. The molecule has 2 unspecified atom stereocenters. The third kappa shape index (κ3) is 4.95. The van der Waals surface area contributed by atoms with E-state index in [-0.39, 0.29) is 24.5 Å². The molecule has 3 aromatic rings. The average molecular weight is 506 g/mol. The minimum absolute atomic E-state index is 0.105. The number of nitrogens with one attached hydrogen (secondary N) is 1. The van der Waals surface area contributed by atoms with Crippen molar-refractivity contribution in [3.8, 4) is 5.69 Å². The number of aromatic nitrogens is 2. The van der Waals surface area contributed by atoms with Gasteiger partial charge in [-0.25, -0.2) is 0 Å². The number of rotatable bonds is 9. The lowest BCUT2D eigenvalue weighted by atomic mass is 9.96. The van der Waals surface area contributed by atoms with Crippen LogP contribution in [-0.2, 0) is 9.53 Å². The smallest absolute Gasteiger partial charge is 0.307 e. The van der Waals surface area contributed by atoms with Crippen LogP contribution >= 0.6 is 12.2 Å². The lowest BCUT2D eigenvalue weighted by Gasteiger charge is -2.28. The Bertz CT molecular complexity index is 1200. The third-order valence-electron chi connectivity index (χ3n) is 7.01. The monoisotopic (exact) mass is 505 g/mol. The molecule has 36 heavy (non-hydrogen) atoms. The minimum Gasteiger partial charge on any atom is -0.469 e. The summed E-state index contributed by atoms with van der Waals surface area (Å²) in [5.74, 6) is -0.253. The normalized spacial score (nSPS) is 17.2. The second-order valence-corrected chi connectivity index (χ2v) is 9.38. The van der Waals surface area contributed by atoms with Crippen LogP contribution in [-0.4, -0.2) is 52.3 Å². The van der Waals surface area contributed by atoms with Gasteiger partial charge in [0.15, 0.2) is 5.11 Å². The van der Waals surface area contributed by atoms with E-state index in [1.807, 2.05) is 18.2 Å². The fraction of sp³-hybridized carbons (Fsp3) is 0.393. The van der Waals surface area contributed by atoms with E-state index in [2.05, 4.69) is 82.7 Å². The van der Waals surface area contributed by atoms with Gasteiger partial charge in [0.25, 0.3) is 0 Å². The SMILES string of the molecule is CCN(CC)c1ccc(-n2c(C)cc(C3C(c4ccccn4)NC(=S)N3CCC(=O)OC)c2C)cc1. The highest BCUT2D eigenvalue weighted by molar-refractivity contribution is 7.80. The quantitative estimate of drug-likeness (QED) is 0.329. The molecular formula is C28H35N5O2S. The number of hydrogen-bond donors (Lipinski definition) is 1. The number of carbonyl (C=O) groups excluding carboxylic acids is 1. The van der Waals surface area contributed by atoms with E-state index >= 15 is 0 Å². The van der Waals surface area contributed by atoms with E-state index in [1.54, 1.807) is 6.20 Å². The summed E-state index contributed by atoms with van der Waals surface area (Å²) in [6.07, 6.45) is 2.06. The molecule has 1 aromatic carbocycles. The molecule has 2 atom stereocenters. The number of aryl methyl sites for hydroxylation is 1. The first-order chi connectivity index (χ1) is 17.4. The molecule has 8 heteroatoms. The summed E-state index contributed by atoms with van der Waals surface area (Å²) in [5, 5.41) is 4.09. The van der Waals surface area contributed by atoms with E-state index < -0.39 is 0 Å². The number of nitrogens with zero attached hydrogens (tertiary/aromatic N) is 4. The molecule has 0 radical (unpaired) electrons. The van der Waals surface area contributed by atoms with Crippen LogP contribution in [0, 0.1) is 13.8 Å². The number of carbonyl (C=O) groups is 1. The molecule has 0 amide bonds. The molecule has 0 saturated carbocycles. The van der Waals surface area contributed by atoms with Crippen LogP contribution in [0.25, 0.3) is 5.69 Å².